The van der Waals surface area contributed by atoms with Crippen LogP contribution < -0.4 is 20.1 Å². The summed E-state index contributed by atoms with van der Waals surface area (Å²) in [5, 5.41) is 31.2. The van der Waals surface area contributed by atoms with E-state index in [0.717, 1.165) is 0 Å². The lowest BCUT2D eigenvalue weighted by Crippen LogP contribution is -2.27. The van der Waals surface area contributed by atoms with Crippen molar-refractivity contribution in [3.8, 4) is 11.5 Å². The Labute approximate surface area is 263 Å². The summed E-state index contributed by atoms with van der Waals surface area (Å²) in [6.07, 6.45) is 1.46. The van der Waals surface area contributed by atoms with Gasteiger partial charge in [0, 0.05) is 45.1 Å². The number of furan rings is 1. The Bertz CT molecular complexity index is 1560. The van der Waals surface area contributed by atoms with Crippen LogP contribution in [0.3, 0.4) is 0 Å². The monoisotopic (exact) mass is 672 g/mol. The van der Waals surface area contributed by atoms with Gasteiger partial charge in [-0.1, -0.05) is 35.0 Å². The predicted molar refractivity (Wildman–Crippen MR) is 161 cm³/mol. The molecule has 0 radical (unpaired) electrons. The van der Waals surface area contributed by atoms with Gasteiger partial charge in [0.05, 0.1) is 11.8 Å². The summed E-state index contributed by atoms with van der Waals surface area (Å²) in [6.45, 7) is 2.31. The molecule has 0 atom stereocenters. The highest BCUT2D eigenvalue weighted by Crippen LogP contribution is 2.44. The van der Waals surface area contributed by atoms with E-state index in [0.29, 0.717) is 43.0 Å². The third-order valence-corrected chi connectivity index (χ3v) is 6.23. The zero-order chi connectivity index (χ0) is 34.3. The average Bonchev–Trinajstić information content (AvgIpc) is 3.44. The van der Waals surface area contributed by atoms with E-state index in [9.17, 15) is 24.0 Å². The minimum absolute atomic E-state index is 0. The van der Waals surface area contributed by atoms with Crippen LogP contribution >= 0.6 is 0 Å². The van der Waals surface area contributed by atoms with Gasteiger partial charge in [-0.15, -0.1) is 0 Å². The van der Waals surface area contributed by atoms with E-state index in [-0.39, 0.29) is 67.8 Å². The highest BCUT2D eigenvalue weighted by Gasteiger charge is 2.24. The van der Waals surface area contributed by atoms with Crippen molar-refractivity contribution in [1.82, 2.24) is 10.6 Å². The average molecular weight is 673 g/mol. The first kappa shape index (κ1) is 37.6. The predicted octanol–water partition coefficient (Wildman–Crippen LogP) is 3.80. The van der Waals surface area contributed by atoms with Crippen molar-refractivity contribution in [2.45, 2.75) is 51.9 Å². The van der Waals surface area contributed by atoms with Gasteiger partial charge >= 0.3 is 34.4 Å². The van der Waals surface area contributed by atoms with Gasteiger partial charge in [-0.2, -0.15) is 8.42 Å². The van der Waals surface area contributed by atoms with Gasteiger partial charge in [-0.25, -0.2) is 10.1 Å². The van der Waals surface area contributed by atoms with E-state index in [1.165, 1.54) is 13.0 Å². The molecule has 1 heterocycles. The van der Waals surface area contributed by atoms with Crippen molar-refractivity contribution in [3.05, 3.63) is 36.1 Å². The summed E-state index contributed by atoms with van der Waals surface area (Å²) in [5.74, 6) is -2.49. The van der Waals surface area contributed by atoms with Crippen LogP contribution in [0.4, 0.5) is 4.79 Å². The fraction of sp³-hybridized carbons (Fsp3) is 0.393. The zero-order valence-electron chi connectivity index (χ0n) is 24.6. The lowest BCUT2D eigenvalue weighted by molar-refractivity contribution is -0.139. The zero-order valence-corrected chi connectivity index (χ0v) is 25.5. The number of carbonyl (C=O) groups is 5. The van der Waals surface area contributed by atoms with Crippen molar-refractivity contribution in [2.24, 2.45) is 0 Å². The number of benzene rings is 2. The number of nitrogens with one attached hydrogen (secondary N) is 2. The van der Waals surface area contributed by atoms with E-state index < -0.39 is 34.4 Å². The summed E-state index contributed by atoms with van der Waals surface area (Å²) in [6, 6.07) is 8.24. The molecule has 0 saturated heterocycles. The maximum absolute atomic E-state index is 12.7. The molecule has 0 aliphatic carbocycles. The Kier molecular flexibility index (Phi) is 15.0. The summed E-state index contributed by atoms with van der Waals surface area (Å²) < 4.78 is 45.1. The van der Waals surface area contributed by atoms with Crippen molar-refractivity contribution in [1.29, 1.82) is 0 Å². The van der Waals surface area contributed by atoms with Crippen molar-refractivity contribution >= 4 is 61.9 Å². The van der Waals surface area contributed by atoms with E-state index >= 15 is 0 Å². The molecule has 6 N–H and O–H groups in total. The molecule has 3 rings (SSSR count). The number of rotatable bonds is 17. The van der Waals surface area contributed by atoms with Crippen LogP contribution in [-0.2, 0) is 29.1 Å². The first-order valence-electron chi connectivity index (χ1n) is 13.8. The van der Waals surface area contributed by atoms with Gasteiger partial charge in [-0.05, 0) is 31.9 Å². The fourth-order valence-corrected chi connectivity index (χ4v) is 4.00. The molecular weight excluding hydrogens is 636 g/mol. The third-order valence-electron chi connectivity index (χ3n) is 6.04. The minimum atomic E-state index is -4.61. The molecule has 1 aromatic heterocycles. The molecule has 0 unspecified atom stereocenters. The maximum atomic E-state index is 12.7. The number of amides is 1. The molecule has 0 spiro atoms. The van der Waals surface area contributed by atoms with Gasteiger partial charge in [0.15, 0.2) is 28.6 Å². The largest absolute Gasteiger partial charge is 0.481 e. The Hall–Kier alpha value is -4.62. The number of aliphatic carboxylic acids is 2. The highest BCUT2D eigenvalue weighted by molar-refractivity contribution is 7.80. The first-order valence-corrected chi connectivity index (χ1v) is 15.2. The molecule has 0 saturated carbocycles. The topological polar surface area (TPSA) is 265 Å². The van der Waals surface area contributed by atoms with E-state index in [1.807, 2.05) is 0 Å². The molecule has 0 bridgehead atoms. The van der Waals surface area contributed by atoms with Gasteiger partial charge < -0.3 is 34.7 Å². The van der Waals surface area contributed by atoms with Crippen molar-refractivity contribution in [2.75, 3.05) is 19.6 Å². The molecule has 46 heavy (non-hydrogen) atoms. The SMILES string of the molecule is CC(=O)c1cc2c(OC(=O)NCCCCCC(=O)O)c3ccccc3c(OC(=O)CCCNCCC(=O)O)c2o1.O=S(=O)(O)OO.[HH]. The Balaban J connectivity index is 0.00000144. The van der Waals surface area contributed by atoms with Gasteiger partial charge in [0.25, 0.3) is 0 Å². The molecular formula is C28H36N2O15S. The second-order valence-corrected chi connectivity index (χ2v) is 10.6. The van der Waals surface area contributed by atoms with Gasteiger partial charge in [0.1, 0.15) is 0 Å². The van der Waals surface area contributed by atoms with Crippen LogP contribution in [0.15, 0.2) is 34.7 Å². The van der Waals surface area contributed by atoms with Gasteiger partial charge in [-0.3, -0.25) is 23.7 Å². The summed E-state index contributed by atoms with van der Waals surface area (Å²) in [5.41, 5.74) is 0.0771. The van der Waals surface area contributed by atoms with Crippen LogP contribution in [-0.4, -0.2) is 77.9 Å². The van der Waals surface area contributed by atoms with E-state index in [2.05, 4.69) is 15.0 Å². The smallest absolute Gasteiger partial charge is 0.423 e. The summed E-state index contributed by atoms with van der Waals surface area (Å²) >= 11 is 0. The van der Waals surface area contributed by atoms with Gasteiger partial charge in [0.2, 0.25) is 0 Å². The second kappa shape index (κ2) is 18.4. The molecule has 0 fully saturated rings. The molecule has 0 aliphatic rings. The quantitative estimate of drug-likeness (QED) is 0.0226. The number of hydrogen-bond donors (Lipinski definition) is 6. The maximum Gasteiger partial charge on any atom is 0.423 e. The van der Waals surface area contributed by atoms with Crippen LogP contribution in [0.25, 0.3) is 21.7 Å². The van der Waals surface area contributed by atoms with Crippen molar-refractivity contribution in [3.63, 3.8) is 0 Å². The number of hydrogen-bond acceptors (Lipinski definition) is 13. The molecule has 17 nitrogen and oxygen atoms in total. The van der Waals surface area contributed by atoms with Crippen LogP contribution in [0.2, 0.25) is 0 Å². The Morgan fingerprint density at radius 3 is 2.04 bits per heavy atom. The number of carbonyl (C=O) groups excluding carboxylic acids is 3. The number of fused-ring (bicyclic) bond motifs is 2. The Morgan fingerprint density at radius 2 is 1.46 bits per heavy atom. The first-order chi connectivity index (χ1) is 21.7. The molecule has 1 amide bonds. The van der Waals surface area contributed by atoms with Crippen LogP contribution in [0.1, 0.15) is 63.9 Å². The molecule has 2 aromatic carbocycles. The van der Waals surface area contributed by atoms with E-state index in [4.69, 9.17) is 42.3 Å². The number of esters is 1. The summed E-state index contributed by atoms with van der Waals surface area (Å²) in [7, 11) is -4.61. The number of ketones is 1. The number of unbranched alkanes of at least 4 members (excludes halogenated alkanes) is 2. The molecule has 254 valence electrons. The number of ether oxygens (including phenoxy) is 2. The molecule has 3 aromatic rings. The third kappa shape index (κ3) is 12.8. The van der Waals surface area contributed by atoms with Crippen LogP contribution in [0, 0.1) is 0 Å². The molecule has 0 aliphatic heterocycles. The lowest BCUT2D eigenvalue weighted by Gasteiger charge is -2.14. The van der Waals surface area contributed by atoms with Crippen LogP contribution in [0.5, 0.6) is 11.5 Å². The normalized spacial score (nSPS) is 11.0. The number of carboxylic acids is 2. The highest BCUT2D eigenvalue weighted by atomic mass is 32.3. The Morgan fingerprint density at radius 1 is 0.826 bits per heavy atom. The molecule has 18 heteroatoms. The number of Topliss-reactive ketones (excluding diaryl/α,β-unsaturated/α-hetero) is 1. The van der Waals surface area contributed by atoms with E-state index in [1.54, 1.807) is 24.3 Å². The minimum Gasteiger partial charge on any atom is -0.481 e. The second-order valence-electron chi connectivity index (χ2n) is 9.61. The lowest BCUT2D eigenvalue weighted by atomic mass is 10.0. The number of carboxylic acid groups (broad SMARTS) is 2. The summed E-state index contributed by atoms with van der Waals surface area (Å²) in [4.78, 5) is 58.6. The standard InChI is InChI=1S/C28H32N2O10.H2O5S.H2/c1-17(31)21-16-20-25(40-28(37)30-14-6-2-3-10-22(32)33)18-8-4-5-9-19(18)26(27(20)38-21)39-24(36)11-7-13-29-15-12-23(34)35;1-5-6(2,3)4;/h4-5,8-9,16,29H,2-3,6-7,10-15H2,1H3,(H,30,37)(H,32,33)(H,34,35);1H,(H,2,3,4);1H. The van der Waals surface area contributed by atoms with Crippen molar-refractivity contribution < 1.29 is 72.1 Å². The fourth-order valence-electron chi connectivity index (χ4n) is 4.00.